The first-order chi connectivity index (χ1) is 71.1. The lowest BCUT2D eigenvalue weighted by molar-refractivity contribution is 0.660. The van der Waals surface area contributed by atoms with Crippen LogP contribution in [0.3, 0.4) is 0 Å². The van der Waals surface area contributed by atoms with Crippen LogP contribution in [0, 0.1) is 0 Å². The molecule has 8 heteroatoms. The van der Waals surface area contributed by atoms with Crippen molar-refractivity contribution in [3.63, 3.8) is 0 Å². The van der Waals surface area contributed by atoms with Crippen LogP contribution in [0.25, 0.3) is 265 Å². The molecule has 8 nitrogen and oxygen atoms in total. The molecule has 0 atom stereocenters. The first-order valence-corrected chi connectivity index (χ1v) is 50.6. The summed E-state index contributed by atoms with van der Waals surface area (Å²) in [6.07, 6.45) is 0. The van der Waals surface area contributed by atoms with Crippen molar-refractivity contribution in [3.05, 3.63) is 482 Å². The quantitative estimate of drug-likeness (QED) is 0.130. The van der Waals surface area contributed by atoms with Gasteiger partial charge in [0.1, 0.15) is 0 Å². The lowest BCUT2D eigenvalue weighted by atomic mass is 9.82. The average Bonchev–Trinajstić information content (AvgIpc) is 1.53. The first-order valence-electron chi connectivity index (χ1n) is 50.6. The molecule has 0 amide bonds. The topological polar surface area (TPSA) is 55.4 Å². The molecule has 7 heterocycles. The van der Waals surface area contributed by atoms with E-state index in [-0.39, 0.29) is 16.2 Å². The van der Waals surface area contributed by atoms with Crippen LogP contribution < -0.4 is 0 Å². The number of benzene rings is 21. The number of para-hydroxylation sites is 6. The van der Waals surface area contributed by atoms with E-state index in [1.165, 1.54) is 182 Å². The molecular formula is C137H92N8. The number of hydrogen-bond acceptors (Lipinski definition) is 2. The standard InChI is InChI=1S/C137H92N8/c1-135(2)114-37-16-7-28-95(114)98-63-56-92(78-117(98)135)141-124-43-22-13-34-104(124)110-71-82(51-67-127(110)141)85-48-60-107-101-31-10-19-40-121(101)140(130(107)74-85)89-54-46-81(47-55-89)134-138-120-66-59-91(145-123-42-21-12-33-103(123)109-62-50-87(76-132(109)145)84-53-69-129-112(73-84)106-36-15-24-45-126(106)143(129)94-58-65-100-97-30-9-18-39-116(97)137(5,6)119(100)80-94)77-113(120)133(139-134)88-26-25-27-90(70-88)144-122-41-20-11-32-102(122)108-61-49-86(75-131(108)144)83-52-68-128-111(72-83)105-35-14-23-44-125(105)142(128)93-57-64-99-96-29-8-17-38-115(96)136(3,4)118(99)79-93/h7-80H,1-6H3. The van der Waals surface area contributed by atoms with Gasteiger partial charge in [-0.15, -0.1) is 0 Å². The van der Waals surface area contributed by atoms with Crippen LogP contribution in [0.5, 0.6) is 0 Å². The highest BCUT2D eigenvalue weighted by Gasteiger charge is 2.40. The second kappa shape index (κ2) is 29.9. The van der Waals surface area contributed by atoms with Gasteiger partial charge in [0.2, 0.25) is 0 Å². The van der Waals surface area contributed by atoms with Gasteiger partial charge >= 0.3 is 0 Å². The highest BCUT2D eigenvalue weighted by molar-refractivity contribution is 6.18. The molecule has 3 aliphatic rings. The highest BCUT2D eigenvalue weighted by Crippen LogP contribution is 2.55. The summed E-state index contributed by atoms with van der Waals surface area (Å²) < 4.78 is 14.8. The average molecular weight is 1850 g/mol. The van der Waals surface area contributed by atoms with Crippen molar-refractivity contribution >= 4 is 142 Å². The molecule has 0 saturated carbocycles. The molecule has 3 aliphatic carbocycles. The lowest BCUT2D eigenvalue weighted by Gasteiger charge is -2.22. The summed E-state index contributed by atoms with van der Waals surface area (Å²) in [4.78, 5) is 11.6. The minimum atomic E-state index is -0.136. The van der Waals surface area contributed by atoms with Gasteiger partial charge in [0.15, 0.2) is 5.82 Å². The third-order valence-electron chi connectivity index (χ3n) is 33.2. The fraction of sp³-hybridized carbons (Fsp3) is 0.0657. The van der Waals surface area contributed by atoms with Crippen molar-refractivity contribution in [1.29, 1.82) is 0 Å². The monoisotopic (exact) mass is 1850 g/mol. The first kappa shape index (κ1) is 81.6. The Kier molecular flexibility index (Phi) is 16.8. The van der Waals surface area contributed by atoms with E-state index in [9.17, 15) is 0 Å². The highest BCUT2D eigenvalue weighted by atomic mass is 15.0. The van der Waals surface area contributed by atoms with Gasteiger partial charge in [-0.3, -0.25) is 0 Å². The van der Waals surface area contributed by atoms with Crippen LogP contribution >= 0.6 is 0 Å². The van der Waals surface area contributed by atoms with E-state index in [4.69, 9.17) is 9.97 Å². The Hall–Kier alpha value is -18.2. The van der Waals surface area contributed by atoms with E-state index >= 15 is 0 Å². The summed E-state index contributed by atoms with van der Waals surface area (Å²) >= 11 is 0. The fourth-order valence-electron chi connectivity index (χ4n) is 26.2. The van der Waals surface area contributed by atoms with Gasteiger partial charge in [-0.2, -0.15) is 0 Å². The van der Waals surface area contributed by atoms with Gasteiger partial charge in [0, 0.05) is 132 Å². The molecule has 0 N–H and O–H groups in total. The zero-order valence-corrected chi connectivity index (χ0v) is 80.8. The Morgan fingerprint density at radius 1 is 0.152 bits per heavy atom. The molecule has 0 radical (unpaired) electrons. The van der Waals surface area contributed by atoms with E-state index in [0.717, 1.165) is 111 Å². The van der Waals surface area contributed by atoms with Crippen molar-refractivity contribution < 1.29 is 0 Å². The molecule has 0 fully saturated rings. The Morgan fingerprint density at radius 2 is 0.421 bits per heavy atom. The third-order valence-corrected chi connectivity index (χ3v) is 33.2. The lowest BCUT2D eigenvalue weighted by Crippen LogP contribution is -2.15. The van der Waals surface area contributed by atoms with Gasteiger partial charge in [0.05, 0.1) is 77.4 Å². The summed E-state index contributed by atoms with van der Waals surface area (Å²) in [6.45, 7) is 14.2. The van der Waals surface area contributed by atoms with Crippen molar-refractivity contribution in [2.75, 3.05) is 0 Å². The van der Waals surface area contributed by atoms with Crippen molar-refractivity contribution in [1.82, 2.24) is 37.4 Å². The van der Waals surface area contributed by atoms with Crippen LogP contribution in [-0.2, 0) is 16.2 Å². The zero-order valence-electron chi connectivity index (χ0n) is 80.8. The smallest absolute Gasteiger partial charge is 0.160 e. The van der Waals surface area contributed by atoms with E-state index in [0.29, 0.717) is 5.82 Å². The molecule has 145 heavy (non-hydrogen) atoms. The minimum Gasteiger partial charge on any atom is -0.309 e. The van der Waals surface area contributed by atoms with Crippen LogP contribution in [0.1, 0.15) is 74.9 Å². The number of aromatic nitrogens is 8. The van der Waals surface area contributed by atoms with Crippen LogP contribution in [0.2, 0.25) is 0 Å². The van der Waals surface area contributed by atoms with E-state index < -0.39 is 0 Å². The van der Waals surface area contributed by atoms with E-state index in [1.807, 2.05) is 0 Å². The molecule has 0 bridgehead atoms. The Labute approximate surface area is 836 Å². The molecule has 28 aromatic rings. The summed E-state index contributed by atoms with van der Waals surface area (Å²) in [5, 5.41) is 15.3. The molecule has 680 valence electrons. The van der Waals surface area contributed by atoms with E-state index in [1.54, 1.807) is 0 Å². The summed E-state index contributed by atoms with van der Waals surface area (Å²) in [6, 6.07) is 169. The van der Waals surface area contributed by atoms with Crippen LogP contribution in [-0.4, -0.2) is 37.4 Å². The van der Waals surface area contributed by atoms with Gasteiger partial charge < -0.3 is 27.4 Å². The minimum absolute atomic E-state index is 0.126. The maximum absolute atomic E-state index is 5.92. The molecule has 0 unspecified atom stereocenters. The van der Waals surface area contributed by atoms with Gasteiger partial charge in [-0.05, 0) is 282 Å². The number of fused-ring (bicyclic) bond motifs is 28. The second-order valence-electron chi connectivity index (χ2n) is 41.9. The molecule has 0 spiro atoms. The van der Waals surface area contributed by atoms with Crippen molar-refractivity contribution in [2.24, 2.45) is 0 Å². The number of hydrogen-bond donors (Lipinski definition) is 0. The summed E-state index contributed by atoms with van der Waals surface area (Å²) in [7, 11) is 0. The molecular weight excluding hydrogens is 1760 g/mol. The molecule has 0 aliphatic heterocycles. The van der Waals surface area contributed by atoms with Crippen LogP contribution in [0.4, 0.5) is 0 Å². The maximum atomic E-state index is 5.92. The number of nitrogens with zero attached hydrogens (tertiary/aromatic N) is 8. The largest absolute Gasteiger partial charge is 0.309 e. The summed E-state index contributed by atoms with van der Waals surface area (Å²) in [5.41, 5.74) is 46.5. The van der Waals surface area contributed by atoms with E-state index in [2.05, 4.69) is 518 Å². The molecule has 21 aromatic carbocycles. The SMILES string of the molecule is CC1(C)c2ccccc2-c2ccc(-n3c4ccccc4c4cc(-c5ccc6c7ccccc7n(-c7ccc(-c8nc(-c9cccc(-n%10c%11ccccc%11c%11ccc(-c%12ccc%13c(c%12)c%12ccccc%12n%13-c%12ccc%13c(c%12)C(C)(C)c%12ccccc%12-%13)cc%11%10)c9)c9cc(-n%10c%11ccccc%11c%11ccc(-c%12ccc%13c(c%12)c%12ccccc%12n%13-c%12ccc%13c(c%12)C(C)(C)c%12ccccc%12-%13)cc%11%10)ccc9n8)cc7)c6c5)ccc43)cc21. The molecule has 0 saturated heterocycles. The predicted octanol–water partition coefficient (Wildman–Crippen LogP) is 35.5. The normalized spacial score (nSPS) is 13.8. The number of rotatable bonds is 11. The molecule has 7 aromatic heterocycles. The Balaban J connectivity index is 0.544. The van der Waals surface area contributed by atoms with Gasteiger partial charge in [0.25, 0.3) is 0 Å². The summed E-state index contributed by atoms with van der Waals surface area (Å²) in [5.74, 6) is 0.631. The third kappa shape index (κ3) is 11.6. The molecule has 31 rings (SSSR count). The second-order valence-corrected chi connectivity index (χ2v) is 41.9. The van der Waals surface area contributed by atoms with Crippen LogP contribution in [0.15, 0.2) is 449 Å². The zero-order chi connectivity index (χ0) is 95.9. The Bertz CT molecular complexity index is 10600. The van der Waals surface area contributed by atoms with Crippen molar-refractivity contribution in [2.45, 2.75) is 57.8 Å². The predicted molar refractivity (Wildman–Crippen MR) is 605 cm³/mol. The Morgan fingerprint density at radius 3 is 0.800 bits per heavy atom. The maximum Gasteiger partial charge on any atom is 0.160 e. The van der Waals surface area contributed by atoms with Gasteiger partial charge in [-0.1, -0.05) is 308 Å². The van der Waals surface area contributed by atoms with Crippen molar-refractivity contribution in [3.8, 4) is 124 Å². The fourth-order valence-corrected chi connectivity index (χ4v) is 26.2. The van der Waals surface area contributed by atoms with Gasteiger partial charge in [-0.25, -0.2) is 9.97 Å².